The molecule has 0 unspecified atom stereocenters. The first kappa shape index (κ1) is 90.2. The summed E-state index contributed by atoms with van der Waals surface area (Å²) in [6.45, 7) is 21.7. The number of benzene rings is 9. The highest BCUT2D eigenvalue weighted by Crippen LogP contribution is 2.49. The van der Waals surface area contributed by atoms with Crippen molar-refractivity contribution >= 4 is 48.9 Å². The van der Waals surface area contributed by atoms with E-state index in [2.05, 4.69) is 107 Å². The van der Waals surface area contributed by atoms with Crippen LogP contribution in [0.25, 0.3) is 67.7 Å². The average molecular weight is 1690 g/mol. The fourth-order valence-electron chi connectivity index (χ4n) is 14.2. The number of allylic oxidation sites excluding steroid dienone is 2. The Labute approximate surface area is 700 Å². The molecule has 122 heavy (non-hydrogen) atoms. The Morgan fingerprint density at radius 2 is 0.746 bits per heavy atom. The fourth-order valence-corrected chi connectivity index (χ4v) is 14.2. The molecule has 25 heteroatoms. The van der Waals surface area contributed by atoms with Crippen molar-refractivity contribution in [2.75, 3.05) is 19.8 Å². The van der Waals surface area contributed by atoms with Gasteiger partial charge >= 0.3 is 50.9 Å². The van der Waals surface area contributed by atoms with Gasteiger partial charge in [0.15, 0.2) is 0 Å². The summed E-state index contributed by atoms with van der Waals surface area (Å²) < 4.78 is 244. The molecule has 0 saturated heterocycles. The van der Waals surface area contributed by atoms with E-state index in [1.807, 2.05) is 104 Å². The number of hydrogen-bond donors (Lipinski definition) is 0. The van der Waals surface area contributed by atoms with Crippen LogP contribution in [0.15, 0.2) is 264 Å². The van der Waals surface area contributed by atoms with E-state index in [9.17, 15) is 65.9 Å². The van der Waals surface area contributed by atoms with E-state index in [0.717, 1.165) is 53.5 Å². The summed E-state index contributed by atoms with van der Waals surface area (Å²) >= 11 is 0. The Hall–Kier alpha value is -11.0. The van der Waals surface area contributed by atoms with Gasteiger partial charge in [0, 0.05) is 61.6 Å². The molecule has 11 aromatic rings. The first-order valence-electron chi connectivity index (χ1n) is 39.4. The number of alkyl halides is 15. The standard InChI is InChI=1S/C52H57BF6N2O.C45H33BF10N2O2/c1-47(2,3)37-21-13-33(14-22-37)41-29-43(35-17-25-39(26-18-35)49(7,8)9)60-44(41)31-46-42(34-15-23-38(24-16-34)48(4,5)6)30-45(36-19-27-40(28-20-36)50(10,11)12)61(46)53(59)62-32-51(54,55)52(56,57)58;1-28-21-23-32(24-22-28)39-34-19-11-12-20-35(34)40(57-39)38(33-18-10-9-13-29(33)2)41-36(30-14-5-3-6-15-30)25-37(31-16-7-4-8-17-31)58(41)46(59-26-42(47,48)44(51,52)53)60-27-43(49,50)45(54,55)56/h13-31H,32H2,1-12H3;3-25H,26-27H2,1-2H3/b44-31-;40-38-. The summed E-state index contributed by atoms with van der Waals surface area (Å²) in [6.07, 6.45) is -14.7. The number of halogens is 16. The topological polar surface area (TPSA) is 62.3 Å². The number of rotatable bonds is 21. The zero-order valence-electron chi connectivity index (χ0n) is 69.6. The van der Waals surface area contributed by atoms with E-state index < -0.39 is 70.7 Å². The summed E-state index contributed by atoms with van der Waals surface area (Å²) in [6, 6.07) is 72.5. The lowest BCUT2D eigenvalue weighted by atomic mass is 9.85. The highest BCUT2D eigenvalue weighted by Gasteiger charge is 2.61. The molecule has 0 radical (unpaired) electrons. The minimum absolute atomic E-state index is 0.0409. The molecule has 2 aliphatic heterocycles. The van der Waals surface area contributed by atoms with Crippen LogP contribution in [0.3, 0.4) is 0 Å². The second kappa shape index (κ2) is 34.4. The third-order valence-corrected chi connectivity index (χ3v) is 21.3. The van der Waals surface area contributed by atoms with Crippen molar-refractivity contribution in [3.8, 4) is 44.8 Å². The predicted octanol–water partition coefficient (Wildman–Crippen LogP) is 27.4. The van der Waals surface area contributed by atoms with E-state index in [-0.39, 0.29) is 66.8 Å². The van der Waals surface area contributed by atoms with E-state index in [1.165, 1.54) is 18.2 Å². The highest BCUT2D eigenvalue weighted by atomic mass is 19.4. The highest BCUT2D eigenvalue weighted by molar-refractivity contribution is 6.45. The Morgan fingerprint density at radius 1 is 0.369 bits per heavy atom. The predicted molar refractivity (Wildman–Crippen MR) is 455 cm³/mol. The maximum atomic E-state index is 17.0. The first-order chi connectivity index (χ1) is 56.9. The average Bonchev–Trinajstić information content (AvgIpc) is 1.58. The molecule has 0 saturated carbocycles. The molecule has 634 valence electrons. The monoisotopic (exact) mass is 1680 g/mol. The van der Waals surface area contributed by atoms with Gasteiger partial charge in [0.25, 0.3) is 0 Å². The van der Waals surface area contributed by atoms with E-state index in [1.54, 1.807) is 122 Å². The van der Waals surface area contributed by atoms with Crippen molar-refractivity contribution in [2.24, 2.45) is 9.98 Å². The molecule has 0 spiro atoms. The maximum absolute atomic E-state index is 17.0. The minimum atomic E-state index is -6.19. The largest absolute Gasteiger partial charge is 0.638 e. The molecule has 0 atom stereocenters. The van der Waals surface area contributed by atoms with Crippen LogP contribution in [-0.4, -0.2) is 91.1 Å². The Kier molecular flexibility index (Phi) is 25.4. The molecule has 7 nitrogen and oxygen atoms in total. The minimum Gasteiger partial charge on any atom is -0.385 e. The molecule has 2 aliphatic rings. The van der Waals surface area contributed by atoms with Gasteiger partial charge in [0.1, 0.15) is 19.8 Å². The number of nitrogens with zero attached hydrogens (tertiary/aromatic N) is 4. The summed E-state index contributed by atoms with van der Waals surface area (Å²) in [5, 5.41) is 0. The van der Waals surface area contributed by atoms with Gasteiger partial charge in [0.05, 0.1) is 28.5 Å². The Bertz CT molecular complexity index is 5710. The van der Waals surface area contributed by atoms with Crippen LogP contribution in [0, 0.1) is 13.8 Å². The van der Waals surface area contributed by atoms with Gasteiger partial charge < -0.3 is 22.9 Å². The van der Waals surface area contributed by atoms with Crippen LogP contribution >= 0.6 is 0 Å². The third kappa shape index (κ3) is 19.7. The van der Waals surface area contributed by atoms with Gasteiger partial charge in [-0.05, 0) is 121 Å². The Balaban J connectivity index is 0.000000223. The number of hydrogen-bond acceptors (Lipinski definition) is 5. The van der Waals surface area contributed by atoms with Crippen LogP contribution in [-0.2, 0) is 35.6 Å². The molecule has 0 amide bonds. The van der Waals surface area contributed by atoms with Crippen LogP contribution in [0.2, 0.25) is 0 Å². The lowest BCUT2D eigenvalue weighted by Gasteiger charge is -2.28. The lowest BCUT2D eigenvalue weighted by molar-refractivity contribution is -0.295. The molecule has 0 bridgehead atoms. The molecular formula is C97H90B2F16N4O3. The normalized spacial score (nSPS) is 14.6. The summed E-state index contributed by atoms with van der Waals surface area (Å²) in [5.41, 5.74) is 15.1. The number of aryl methyl sites for hydroxylation is 2. The molecule has 0 fully saturated rings. The quantitative estimate of drug-likeness (QED) is 0.0532. The van der Waals surface area contributed by atoms with Gasteiger partial charge in [0.2, 0.25) is 0 Å². The van der Waals surface area contributed by atoms with Gasteiger partial charge in [-0.25, -0.2) is 9.98 Å². The fraction of sp³-hybridized carbons (Fsp3) is 0.278. The van der Waals surface area contributed by atoms with E-state index in [4.69, 9.17) is 23.9 Å². The molecule has 2 aromatic heterocycles. The Morgan fingerprint density at radius 3 is 1.21 bits per heavy atom. The lowest BCUT2D eigenvalue weighted by Crippen LogP contribution is -2.48. The van der Waals surface area contributed by atoms with Crippen molar-refractivity contribution < 1.29 is 84.1 Å². The first-order valence-corrected chi connectivity index (χ1v) is 39.4. The van der Waals surface area contributed by atoms with Crippen molar-refractivity contribution in [1.29, 1.82) is 0 Å². The molecule has 0 aliphatic carbocycles. The van der Waals surface area contributed by atoms with Crippen LogP contribution in [0.1, 0.15) is 161 Å². The smallest absolute Gasteiger partial charge is 0.385 e. The maximum Gasteiger partial charge on any atom is 0.638 e. The molecule has 0 N–H and O–H groups in total. The van der Waals surface area contributed by atoms with Gasteiger partial charge in [-0.2, -0.15) is 65.9 Å². The van der Waals surface area contributed by atoms with Crippen LogP contribution in [0.5, 0.6) is 0 Å². The van der Waals surface area contributed by atoms with Crippen LogP contribution in [0.4, 0.5) is 70.2 Å². The third-order valence-electron chi connectivity index (χ3n) is 21.3. The van der Waals surface area contributed by atoms with Gasteiger partial charge in [-0.15, -0.1) is 0 Å². The summed E-state index contributed by atoms with van der Waals surface area (Å²) in [7, 11) is -5.51. The summed E-state index contributed by atoms with van der Waals surface area (Å²) in [4.78, 5) is 10.3. The number of aliphatic imine (C=N–C) groups is 2. The van der Waals surface area contributed by atoms with Crippen molar-refractivity contribution in [3.63, 3.8) is 0 Å². The van der Waals surface area contributed by atoms with Crippen molar-refractivity contribution in [2.45, 2.75) is 155 Å². The molecule has 4 heterocycles. The summed E-state index contributed by atoms with van der Waals surface area (Å²) in [5.74, 6) is -16.5. The van der Waals surface area contributed by atoms with Crippen molar-refractivity contribution in [3.05, 3.63) is 333 Å². The zero-order chi connectivity index (χ0) is 88.8. The van der Waals surface area contributed by atoms with E-state index >= 15 is 4.32 Å². The van der Waals surface area contributed by atoms with Crippen molar-refractivity contribution in [1.82, 2.24) is 8.96 Å². The van der Waals surface area contributed by atoms with Gasteiger partial charge in [-0.3, -0.25) is 4.32 Å². The molecule has 13 rings (SSSR count). The van der Waals surface area contributed by atoms with E-state index in [0.29, 0.717) is 67.2 Å². The second-order valence-corrected chi connectivity index (χ2v) is 34.5. The number of aromatic nitrogens is 2. The SMILES string of the molecule is CC(C)(C)c1ccc(C2=CC(c3ccc(C(C)(C)C)cc3)=N/C2=C\c2c(-c3ccc(C(C)(C)C)cc3)cc(-c3ccc(C(C)(C)C)cc3)n2B(F)OCC(F)(F)C(F)(F)F)cc1.Cc1ccc(C2=N/C(=C(/c3ccccc3C)c3c(-c4ccccc4)cc(-c4ccccc4)n3B(OCC(F)(F)C(F)(F)F)OCC(F)(F)C(F)(F)F)c3ccccc32)cc1. The zero-order valence-corrected chi connectivity index (χ0v) is 69.6. The molecule has 9 aromatic carbocycles. The van der Waals surface area contributed by atoms with Gasteiger partial charge in [-0.1, -0.05) is 319 Å². The second-order valence-electron chi connectivity index (χ2n) is 34.5. The molecular weight excluding hydrogens is 1590 g/mol. The van der Waals surface area contributed by atoms with Crippen LogP contribution < -0.4 is 0 Å². The number of fused-ring (bicyclic) bond motifs is 1.